The molecule has 1 saturated heterocycles. The van der Waals surface area contributed by atoms with E-state index >= 15 is 0 Å². The van der Waals surface area contributed by atoms with E-state index in [-0.39, 0.29) is 12.1 Å². The molecular weight excluding hydrogens is 380 g/mol. The average Bonchev–Trinajstić information content (AvgIpc) is 3.51. The second kappa shape index (κ2) is 7.56. The van der Waals surface area contributed by atoms with Crippen LogP contribution in [0, 0.1) is 0 Å². The van der Waals surface area contributed by atoms with Crippen molar-refractivity contribution >= 4 is 17.3 Å². The van der Waals surface area contributed by atoms with Crippen molar-refractivity contribution in [3.63, 3.8) is 0 Å². The molecule has 0 saturated carbocycles. The van der Waals surface area contributed by atoms with Crippen molar-refractivity contribution in [1.29, 1.82) is 0 Å². The molecule has 0 spiro atoms. The Kier molecular flexibility index (Phi) is 4.62. The van der Waals surface area contributed by atoms with Gasteiger partial charge in [-0.3, -0.25) is 4.98 Å². The topological polar surface area (TPSA) is 46.2 Å². The minimum absolute atomic E-state index is 0.0299. The van der Waals surface area contributed by atoms with Gasteiger partial charge < -0.3 is 19.2 Å². The summed E-state index contributed by atoms with van der Waals surface area (Å²) in [6, 6.07) is 24.3. The molecule has 0 unspecified atom stereocenters. The van der Waals surface area contributed by atoms with Gasteiger partial charge in [-0.1, -0.05) is 24.3 Å². The number of hydrogen-bond donors (Lipinski definition) is 1. The van der Waals surface area contributed by atoms with E-state index < -0.39 is 0 Å². The SMILES string of the molecule is S=C1N[C@@H](c2ccccn2)[C@@H](c2cccn2-c2ccccc2)N1Cc1ccco1. The fraction of sp³-hybridized carbons (Fsp3) is 0.130. The van der Waals surface area contributed by atoms with Gasteiger partial charge in [-0.25, -0.2) is 0 Å². The number of pyridine rings is 1. The zero-order valence-electron chi connectivity index (χ0n) is 15.7. The van der Waals surface area contributed by atoms with Crippen LogP contribution in [0.5, 0.6) is 0 Å². The van der Waals surface area contributed by atoms with Crippen LogP contribution in [-0.2, 0) is 6.54 Å². The van der Waals surface area contributed by atoms with Gasteiger partial charge in [0.1, 0.15) is 5.76 Å². The minimum Gasteiger partial charge on any atom is -0.467 e. The van der Waals surface area contributed by atoms with Crippen molar-refractivity contribution in [1.82, 2.24) is 19.8 Å². The number of benzene rings is 1. The molecule has 3 aromatic heterocycles. The quantitative estimate of drug-likeness (QED) is 0.495. The Morgan fingerprint density at radius 2 is 1.83 bits per heavy atom. The molecule has 4 heterocycles. The molecule has 0 radical (unpaired) electrons. The van der Waals surface area contributed by atoms with Crippen LogP contribution in [0.3, 0.4) is 0 Å². The number of aromatic nitrogens is 2. The third kappa shape index (κ3) is 3.32. The molecule has 144 valence electrons. The number of nitrogens with zero attached hydrogens (tertiary/aromatic N) is 3. The lowest BCUT2D eigenvalue weighted by atomic mass is 10.0. The molecule has 0 aliphatic carbocycles. The Balaban J connectivity index is 1.61. The first kappa shape index (κ1) is 17.7. The Labute approximate surface area is 174 Å². The van der Waals surface area contributed by atoms with Crippen LogP contribution in [0.25, 0.3) is 5.69 Å². The Hall–Kier alpha value is -3.38. The van der Waals surface area contributed by atoms with Crippen LogP contribution < -0.4 is 5.32 Å². The predicted molar refractivity (Wildman–Crippen MR) is 115 cm³/mol. The Bertz CT molecular complexity index is 1090. The van der Waals surface area contributed by atoms with E-state index in [2.05, 4.69) is 50.2 Å². The molecule has 1 aromatic carbocycles. The summed E-state index contributed by atoms with van der Waals surface area (Å²) < 4.78 is 7.83. The van der Waals surface area contributed by atoms with Crippen LogP contribution in [0.2, 0.25) is 0 Å². The van der Waals surface area contributed by atoms with Gasteiger partial charge in [0.05, 0.1) is 30.6 Å². The first-order valence-electron chi connectivity index (χ1n) is 9.54. The van der Waals surface area contributed by atoms with E-state index in [1.54, 1.807) is 6.26 Å². The maximum absolute atomic E-state index is 5.74. The lowest BCUT2D eigenvalue weighted by Crippen LogP contribution is -2.29. The van der Waals surface area contributed by atoms with Gasteiger partial charge in [0.25, 0.3) is 0 Å². The highest BCUT2D eigenvalue weighted by Crippen LogP contribution is 2.40. The van der Waals surface area contributed by atoms with E-state index in [1.165, 1.54) is 0 Å². The fourth-order valence-electron chi connectivity index (χ4n) is 3.93. The van der Waals surface area contributed by atoms with Crippen LogP contribution in [-0.4, -0.2) is 19.6 Å². The third-order valence-corrected chi connectivity index (χ3v) is 5.57. The molecule has 1 aliphatic heterocycles. The van der Waals surface area contributed by atoms with Crippen LogP contribution in [0.4, 0.5) is 0 Å². The fourth-order valence-corrected chi connectivity index (χ4v) is 4.23. The summed E-state index contributed by atoms with van der Waals surface area (Å²) in [5.74, 6) is 0.874. The smallest absolute Gasteiger partial charge is 0.170 e. The van der Waals surface area contributed by atoms with E-state index in [9.17, 15) is 0 Å². The molecule has 1 aliphatic rings. The van der Waals surface area contributed by atoms with Gasteiger partial charge in [-0.2, -0.15) is 0 Å². The summed E-state index contributed by atoms with van der Waals surface area (Å²) in [4.78, 5) is 6.79. The molecule has 4 aromatic rings. The maximum atomic E-state index is 5.74. The normalized spacial score (nSPS) is 18.8. The molecule has 2 atom stereocenters. The van der Waals surface area contributed by atoms with Gasteiger partial charge in [0.2, 0.25) is 0 Å². The van der Waals surface area contributed by atoms with Crippen molar-refractivity contribution in [2.24, 2.45) is 0 Å². The predicted octanol–water partition coefficient (Wildman–Crippen LogP) is 4.64. The summed E-state index contributed by atoms with van der Waals surface area (Å²) in [6.45, 7) is 0.590. The Morgan fingerprint density at radius 1 is 0.966 bits per heavy atom. The second-order valence-electron chi connectivity index (χ2n) is 6.97. The average molecular weight is 401 g/mol. The highest BCUT2D eigenvalue weighted by molar-refractivity contribution is 7.80. The van der Waals surface area contributed by atoms with Crippen LogP contribution >= 0.6 is 12.2 Å². The summed E-state index contributed by atoms with van der Waals surface area (Å²) in [5.41, 5.74) is 3.22. The highest BCUT2D eigenvalue weighted by atomic mass is 32.1. The Morgan fingerprint density at radius 3 is 2.59 bits per heavy atom. The lowest BCUT2D eigenvalue weighted by molar-refractivity contribution is 0.280. The maximum Gasteiger partial charge on any atom is 0.170 e. The molecule has 1 fully saturated rings. The summed E-state index contributed by atoms with van der Waals surface area (Å²) in [6.07, 6.45) is 5.61. The standard InChI is InChI=1S/C23H20N4OS/c29-23-25-21(19-11-4-5-13-24-19)22(27(23)16-18-10-7-15-28-18)20-12-6-14-26(20)17-8-2-1-3-9-17/h1-15,21-22H,16H2,(H,25,29)/t21-,22+/m0/s1. The number of hydrogen-bond acceptors (Lipinski definition) is 3. The van der Waals surface area contributed by atoms with Crippen molar-refractivity contribution in [3.8, 4) is 5.69 Å². The molecule has 5 rings (SSSR count). The summed E-state index contributed by atoms with van der Waals surface area (Å²) in [5, 5.41) is 4.19. The van der Waals surface area contributed by atoms with Gasteiger partial charge in [-0.15, -0.1) is 0 Å². The number of nitrogens with one attached hydrogen (secondary N) is 1. The van der Waals surface area contributed by atoms with Crippen molar-refractivity contribution < 1.29 is 4.42 Å². The van der Waals surface area contributed by atoms with Gasteiger partial charge >= 0.3 is 0 Å². The number of furan rings is 1. The minimum atomic E-state index is -0.0592. The van der Waals surface area contributed by atoms with E-state index in [0.29, 0.717) is 11.7 Å². The molecule has 1 N–H and O–H groups in total. The largest absolute Gasteiger partial charge is 0.467 e. The van der Waals surface area contributed by atoms with E-state index in [0.717, 1.165) is 22.8 Å². The van der Waals surface area contributed by atoms with Gasteiger partial charge in [-0.05, 0) is 60.7 Å². The first-order valence-corrected chi connectivity index (χ1v) is 9.95. The number of thiocarbonyl (C=S) groups is 1. The van der Waals surface area contributed by atoms with Crippen molar-refractivity contribution in [2.75, 3.05) is 0 Å². The summed E-state index contributed by atoms with van der Waals surface area (Å²) in [7, 11) is 0. The number of rotatable bonds is 5. The molecule has 0 amide bonds. The van der Waals surface area contributed by atoms with Crippen LogP contribution in [0.15, 0.2) is 95.9 Å². The van der Waals surface area contributed by atoms with Crippen molar-refractivity contribution in [2.45, 2.75) is 18.6 Å². The molecule has 6 heteroatoms. The molecule has 5 nitrogen and oxygen atoms in total. The summed E-state index contributed by atoms with van der Waals surface area (Å²) >= 11 is 5.74. The highest BCUT2D eigenvalue weighted by Gasteiger charge is 2.41. The first-order chi connectivity index (χ1) is 14.3. The van der Waals surface area contributed by atoms with Crippen molar-refractivity contribution in [3.05, 3.63) is 109 Å². The van der Waals surface area contributed by atoms with Gasteiger partial charge in [0.15, 0.2) is 5.11 Å². The van der Waals surface area contributed by atoms with Crippen LogP contribution in [0.1, 0.15) is 29.2 Å². The second-order valence-corrected chi connectivity index (χ2v) is 7.36. The molecule has 0 bridgehead atoms. The zero-order chi connectivity index (χ0) is 19.6. The van der Waals surface area contributed by atoms with Gasteiger partial charge in [0, 0.05) is 23.8 Å². The monoisotopic (exact) mass is 400 g/mol. The van der Waals surface area contributed by atoms with E-state index in [4.69, 9.17) is 16.6 Å². The number of para-hydroxylation sites is 1. The zero-order valence-corrected chi connectivity index (χ0v) is 16.5. The van der Waals surface area contributed by atoms with E-state index in [1.807, 2.05) is 54.7 Å². The third-order valence-electron chi connectivity index (χ3n) is 5.22. The molecule has 29 heavy (non-hydrogen) atoms. The lowest BCUT2D eigenvalue weighted by Gasteiger charge is -2.28. The molecular formula is C23H20N4OS.